The van der Waals surface area contributed by atoms with E-state index in [0.29, 0.717) is 5.75 Å². The lowest BCUT2D eigenvalue weighted by Gasteiger charge is -2.27. The molecule has 2 rings (SSSR count). The molecule has 0 atom stereocenters. The van der Waals surface area contributed by atoms with E-state index in [1.165, 1.54) is 25.3 Å². The van der Waals surface area contributed by atoms with Crippen LogP contribution in [-0.2, 0) is 10.0 Å². The summed E-state index contributed by atoms with van der Waals surface area (Å²) < 4.78 is 28.0. The first-order valence-electron chi connectivity index (χ1n) is 7.08. The second-order valence-electron chi connectivity index (χ2n) is 5.49. The van der Waals surface area contributed by atoms with E-state index in [4.69, 9.17) is 15.6 Å². The van der Waals surface area contributed by atoms with Crippen molar-refractivity contribution in [2.24, 2.45) is 10.9 Å². The number of nitrogens with two attached hydrogens (primary N) is 2. The highest BCUT2D eigenvalue weighted by molar-refractivity contribution is 7.89. The molecule has 1 aromatic rings. The number of benzene rings is 1. The van der Waals surface area contributed by atoms with Gasteiger partial charge in [-0.05, 0) is 43.9 Å². The fourth-order valence-corrected chi connectivity index (χ4v) is 3.11. The average Bonchev–Trinajstić information content (AvgIpc) is 2.48. The van der Waals surface area contributed by atoms with E-state index in [0.717, 1.165) is 25.7 Å². The number of methoxy groups -OCH3 is 1. The van der Waals surface area contributed by atoms with Gasteiger partial charge in [0.15, 0.2) is 0 Å². The molecule has 5 N–H and O–H groups in total. The Kier molecular flexibility index (Phi) is 5.05. The zero-order valence-corrected chi connectivity index (χ0v) is 13.2. The number of amides is 1. The van der Waals surface area contributed by atoms with Gasteiger partial charge in [0.2, 0.25) is 10.0 Å². The number of ether oxygens (including phenoxy) is 1. The molecule has 0 heterocycles. The number of carbonyl (C=O) groups excluding carboxylic acids is 1. The van der Waals surface area contributed by atoms with Gasteiger partial charge in [0.05, 0.1) is 17.6 Å². The zero-order valence-electron chi connectivity index (χ0n) is 12.4. The fourth-order valence-electron chi connectivity index (χ4n) is 2.57. The Morgan fingerprint density at radius 3 is 2.45 bits per heavy atom. The summed E-state index contributed by atoms with van der Waals surface area (Å²) in [6, 6.07) is 4.19. The molecule has 0 bridgehead atoms. The summed E-state index contributed by atoms with van der Waals surface area (Å²) in [7, 11) is -2.46. The van der Waals surface area contributed by atoms with Gasteiger partial charge in [-0.15, -0.1) is 0 Å². The van der Waals surface area contributed by atoms with Crippen LogP contribution in [0.2, 0.25) is 0 Å². The Bertz CT molecular complexity index is 652. The summed E-state index contributed by atoms with van der Waals surface area (Å²) in [6.45, 7) is 0. The number of hydrogen-bond acceptors (Lipinski definition) is 5. The highest BCUT2D eigenvalue weighted by atomic mass is 32.2. The van der Waals surface area contributed by atoms with Gasteiger partial charge in [-0.1, -0.05) is 0 Å². The first-order valence-corrected chi connectivity index (χ1v) is 8.63. The van der Waals surface area contributed by atoms with E-state index < -0.39 is 10.0 Å². The minimum atomic E-state index is -3.88. The Morgan fingerprint density at radius 2 is 1.91 bits per heavy atom. The van der Waals surface area contributed by atoms with E-state index in [1.54, 1.807) is 0 Å². The van der Waals surface area contributed by atoms with Gasteiger partial charge >= 0.3 is 0 Å². The molecule has 0 unspecified atom stereocenters. The summed E-state index contributed by atoms with van der Waals surface area (Å²) in [6.07, 6.45) is 3.34. The molecule has 1 aromatic carbocycles. The Hall–Kier alpha value is -1.64. The van der Waals surface area contributed by atoms with Crippen LogP contribution in [-0.4, -0.2) is 33.5 Å². The number of rotatable bonds is 4. The van der Waals surface area contributed by atoms with Crippen molar-refractivity contribution in [1.29, 1.82) is 0 Å². The van der Waals surface area contributed by atoms with E-state index >= 15 is 0 Å². The van der Waals surface area contributed by atoms with Crippen molar-refractivity contribution in [3.05, 3.63) is 23.8 Å². The number of sulfonamides is 1. The third kappa shape index (κ3) is 3.96. The van der Waals surface area contributed by atoms with Gasteiger partial charge in [0.25, 0.3) is 5.91 Å². The van der Waals surface area contributed by atoms with Crippen molar-refractivity contribution in [1.82, 2.24) is 5.32 Å². The third-order valence-corrected chi connectivity index (χ3v) is 4.76. The maximum Gasteiger partial charge on any atom is 0.255 e. The molecule has 1 aliphatic carbocycles. The van der Waals surface area contributed by atoms with E-state index in [-0.39, 0.29) is 28.4 Å². The summed E-state index contributed by atoms with van der Waals surface area (Å²) >= 11 is 0. The monoisotopic (exact) mass is 327 g/mol. The van der Waals surface area contributed by atoms with Gasteiger partial charge in [-0.25, -0.2) is 13.6 Å². The van der Waals surface area contributed by atoms with Crippen LogP contribution in [0, 0.1) is 0 Å². The molecular weight excluding hydrogens is 306 g/mol. The van der Waals surface area contributed by atoms with Gasteiger partial charge < -0.3 is 15.8 Å². The average molecular weight is 327 g/mol. The van der Waals surface area contributed by atoms with Crippen molar-refractivity contribution in [3.8, 4) is 5.75 Å². The molecule has 1 aliphatic rings. The molecule has 0 aliphatic heterocycles. The van der Waals surface area contributed by atoms with Crippen molar-refractivity contribution in [3.63, 3.8) is 0 Å². The SMILES string of the molecule is COc1ccc(S(N)(=O)=O)cc1C(=O)NC1CCC(N)CC1. The minimum Gasteiger partial charge on any atom is -0.496 e. The largest absolute Gasteiger partial charge is 0.496 e. The van der Waals surface area contributed by atoms with Gasteiger partial charge in [-0.2, -0.15) is 0 Å². The first-order chi connectivity index (χ1) is 10.3. The van der Waals surface area contributed by atoms with Crippen LogP contribution in [0.1, 0.15) is 36.0 Å². The number of primary sulfonamides is 1. The van der Waals surface area contributed by atoms with E-state index in [1.807, 2.05) is 0 Å². The zero-order chi connectivity index (χ0) is 16.3. The topological polar surface area (TPSA) is 125 Å². The molecule has 0 saturated heterocycles. The second kappa shape index (κ2) is 6.64. The molecule has 122 valence electrons. The summed E-state index contributed by atoms with van der Waals surface area (Å²) in [4.78, 5) is 12.3. The second-order valence-corrected chi connectivity index (χ2v) is 7.05. The quantitative estimate of drug-likeness (QED) is 0.735. The standard InChI is InChI=1S/C14H21N3O4S/c1-21-13-7-6-11(22(16,19)20)8-12(13)14(18)17-10-4-2-9(15)3-5-10/h6-10H,2-5,15H2,1H3,(H,17,18)(H2,16,19,20). The lowest BCUT2D eigenvalue weighted by atomic mass is 9.91. The van der Waals surface area contributed by atoms with Gasteiger partial charge in [0.1, 0.15) is 5.75 Å². The van der Waals surface area contributed by atoms with Crippen LogP contribution in [0.4, 0.5) is 0 Å². The highest BCUT2D eigenvalue weighted by Crippen LogP contribution is 2.23. The molecule has 1 saturated carbocycles. The number of carbonyl (C=O) groups is 1. The predicted octanol–water partition coefficient (Wildman–Crippen LogP) is 0.342. The molecule has 8 heteroatoms. The maximum atomic E-state index is 12.4. The summed E-state index contributed by atoms with van der Waals surface area (Å²) in [5, 5.41) is 8.00. The molecule has 0 radical (unpaired) electrons. The Morgan fingerprint density at radius 1 is 1.27 bits per heavy atom. The normalized spacial score (nSPS) is 22.1. The van der Waals surface area contributed by atoms with Crippen molar-refractivity contribution >= 4 is 15.9 Å². The number of nitrogens with one attached hydrogen (secondary N) is 1. The van der Waals surface area contributed by atoms with Crippen molar-refractivity contribution < 1.29 is 17.9 Å². The molecule has 0 aromatic heterocycles. The minimum absolute atomic E-state index is 0.0372. The molecule has 7 nitrogen and oxygen atoms in total. The lowest BCUT2D eigenvalue weighted by molar-refractivity contribution is 0.0922. The van der Waals surface area contributed by atoms with Crippen molar-refractivity contribution in [2.75, 3.05) is 7.11 Å². The van der Waals surface area contributed by atoms with E-state index in [2.05, 4.69) is 5.32 Å². The van der Waals surface area contributed by atoms with E-state index in [9.17, 15) is 13.2 Å². The van der Waals surface area contributed by atoms with Crippen LogP contribution in [0.15, 0.2) is 23.1 Å². The van der Waals surface area contributed by atoms with Crippen LogP contribution in [0.3, 0.4) is 0 Å². The highest BCUT2D eigenvalue weighted by Gasteiger charge is 2.23. The molecule has 0 spiro atoms. The summed E-state index contributed by atoms with van der Waals surface area (Å²) in [5.74, 6) is -0.0692. The Balaban J connectivity index is 2.20. The lowest BCUT2D eigenvalue weighted by Crippen LogP contribution is -2.40. The fraction of sp³-hybridized carbons (Fsp3) is 0.500. The number of hydrogen-bond donors (Lipinski definition) is 3. The van der Waals surface area contributed by atoms with Gasteiger partial charge in [0, 0.05) is 12.1 Å². The van der Waals surface area contributed by atoms with Crippen LogP contribution in [0.5, 0.6) is 5.75 Å². The molecule has 1 fully saturated rings. The predicted molar refractivity (Wildman–Crippen MR) is 82.1 cm³/mol. The maximum absolute atomic E-state index is 12.4. The third-order valence-electron chi connectivity index (χ3n) is 3.85. The van der Waals surface area contributed by atoms with Gasteiger partial charge in [-0.3, -0.25) is 4.79 Å². The first kappa shape index (κ1) is 16.7. The van der Waals surface area contributed by atoms with Crippen LogP contribution in [0.25, 0.3) is 0 Å². The smallest absolute Gasteiger partial charge is 0.255 e. The molecular formula is C14H21N3O4S. The van der Waals surface area contributed by atoms with Crippen LogP contribution < -0.4 is 20.9 Å². The summed E-state index contributed by atoms with van der Waals surface area (Å²) in [5.41, 5.74) is 6.00. The molecule has 22 heavy (non-hydrogen) atoms. The van der Waals surface area contributed by atoms with Crippen LogP contribution >= 0.6 is 0 Å². The Labute approximate surface area is 130 Å². The van der Waals surface area contributed by atoms with Crippen molar-refractivity contribution in [2.45, 2.75) is 42.7 Å². The molecule has 1 amide bonds.